The van der Waals surface area contributed by atoms with Crippen LogP contribution in [-0.4, -0.2) is 90.6 Å². The average Bonchev–Trinajstić information content (AvgIpc) is 3.13. The van der Waals surface area contributed by atoms with Crippen molar-refractivity contribution in [1.29, 1.82) is 0 Å². The molecule has 2 saturated heterocycles. The van der Waals surface area contributed by atoms with E-state index >= 15 is 0 Å². The number of nitrogens with one attached hydrogen (secondary N) is 1. The number of alkyl halides is 2. The first-order chi connectivity index (χ1) is 12.8. The first-order valence-electron chi connectivity index (χ1n) is 8.87. The van der Waals surface area contributed by atoms with E-state index in [0.29, 0.717) is 12.2 Å². The van der Waals surface area contributed by atoms with E-state index in [1.807, 2.05) is 0 Å². The Labute approximate surface area is 155 Å². The van der Waals surface area contributed by atoms with Gasteiger partial charge >= 0.3 is 12.3 Å². The number of rotatable bonds is 2. The van der Waals surface area contributed by atoms with Gasteiger partial charge in [0.15, 0.2) is 11.5 Å². The molecule has 0 aromatic heterocycles. The van der Waals surface area contributed by atoms with Crippen molar-refractivity contribution in [3.8, 4) is 11.5 Å². The number of likely N-dealkylation sites (N-methyl/N-ethyl adjacent to an activating group) is 1. The van der Waals surface area contributed by atoms with Crippen LogP contribution in [0.4, 0.5) is 19.3 Å². The summed E-state index contributed by atoms with van der Waals surface area (Å²) < 4.78 is 34.9. The molecule has 10 heteroatoms. The van der Waals surface area contributed by atoms with Crippen LogP contribution < -0.4 is 14.8 Å². The SMILES string of the molecule is CN1CCN([C@@H]2CN(C(=O)Nc3ccc4c(c3)OC(F)(F)O4)C[C@H]2O)CC1. The molecule has 0 unspecified atom stereocenters. The number of carbonyl (C=O) groups is 1. The highest BCUT2D eigenvalue weighted by Gasteiger charge is 2.43. The maximum Gasteiger partial charge on any atom is 0.586 e. The maximum atomic E-state index is 13.1. The van der Waals surface area contributed by atoms with Gasteiger partial charge in [-0.1, -0.05) is 0 Å². The summed E-state index contributed by atoms with van der Waals surface area (Å²) in [5.74, 6) is -0.209. The molecule has 27 heavy (non-hydrogen) atoms. The minimum atomic E-state index is -3.69. The van der Waals surface area contributed by atoms with Crippen molar-refractivity contribution >= 4 is 11.7 Å². The van der Waals surface area contributed by atoms with Gasteiger partial charge in [0.2, 0.25) is 0 Å². The average molecular weight is 384 g/mol. The molecule has 0 aliphatic carbocycles. The molecule has 1 aromatic rings. The van der Waals surface area contributed by atoms with Gasteiger partial charge in [0, 0.05) is 44.5 Å². The van der Waals surface area contributed by atoms with E-state index < -0.39 is 18.4 Å². The number of likely N-dealkylation sites (tertiary alicyclic amines) is 1. The molecule has 2 amide bonds. The monoisotopic (exact) mass is 384 g/mol. The summed E-state index contributed by atoms with van der Waals surface area (Å²) in [7, 11) is 2.06. The van der Waals surface area contributed by atoms with E-state index in [-0.39, 0.29) is 24.1 Å². The number of piperazine rings is 1. The lowest BCUT2D eigenvalue weighted by Gasteiger charge is -2.37. The zero-order valence-corrected chi connectivity index (χ0v) is 14.9. The molecule has 0 saturated carbocycles. The number of urea groups is 1. The third-order valence-electron chi connectivity index (χ3n) is 5.21. The summed E-state index contributed by atoms with van der Waals surface area (Å²) in [6, 6.07) is 3.58. The number of benzene rings is 1. The molecule has 0 radical (unpaired) electrons. The summed E-state index contributed by atoms with van der Waals surface area (Å²) in [5.41, 5.74) is 0.317. The van der Waals surface area contributed by atoms with Crippen molar-refractivity contribution in [3.05, 3.63) is 18.2 Å². The molecule has 3 aliphatic heterocycles. The Morgan fingerprint density at radius 2 is 1.89 bits per heavy atom. The number of aliphatic hydroxyl groups is 1. The van der Waals surface area contributed by atoms with Gasteiger partial charge in [0.05, 0.1) is 18.7 Å². The van der Waals surface area contributed by atoms with Crippen molar-refractivity contribution in [2.24, 2.45) is 0 Å². The number of fused-ring (bicyclic) bond motifs is 1. The minimum absolute atomic E-state index is 0.0790. The van der Waals surface area contributed by atoms with Crippen molar-refractivity contribution in [2.75, 3.05) is 51.6 Å². The first kappa shape index (κ1) is 18.2. The third kappa shape index (κ3) is 3.78. The number of hydrogen-bond acceptors (Lipinski definition) is 6. The second kappa shape index (κ2) is 6.77. The fourth-order valence-corrected chi connectivity index (χ4v) is 3.68. The van der Waals surface area contributed by atoms with E-state index in [1.165, 1.54) is 23.1 Å². The predicted molar refractivity (Wildman–Crippen MR) is 92.1 cm³/mol. The van der Waals surface area contributed by atoms with E-state index in [1.54, 1.807) is 0 Å². The Hall–Kier alpha value is -2.17. The van der Waals surface area contributed by atoms with Crippen molar-refractivity contribution in [3.63, 3.8) is 0 Å². The fourth-order valence-electron chi connectivity index (χ4n) is 3.68. The fraction of sp³-hybridized carbons (Fsp3) is 0.588. The third-order valence-corrected chi connectivity index (χ3v) is 5.21. The van der Waals surface area contributed by atoms with Gasteiger partial charge in [-0.3, -0.25) is 4.90 Å². The highest BCUT2D eigenvalue weighted by atomic mass is 19.3. The van der Waals surface area contributed by atoms with E-state index in [4.69, 9.17) is 0 Å². The Kier molecular flexibility index (Phi) is 4.57. The van der Waals surface area contributed by atoms with Crippen LogP contribution in [0.2, 0.25) is 0 Å². The maximum absolute atomic E-state index is 13.1. The lowest BCUT2D eigenvalue weighted by Crippen LogP contribution is -2.52. The molecule has 1 aromatic carbocycles. The standard InChI is InChI=1S/C17H22F2N4O4/c1-21-4-6-22(7-5-21)12-9-23(10-13(12)24)16(25)20-11-2-3-14-15(8-11)27-17(18,19)26-14/h2-3,8,12-13,24H,4-7,9-10H2,1H3,(H,20,25)/t12-,13-/m1/s1. The number of anilines is 1. The van der Waals surface area contributed by atoms with Crippen LogP contribution in [0.3, 0.4) is 0 Å². The number of amides is 2. The van der Waals surface area contributed by atoms with E-state index in [0.717, 1.165) is 26.2 Å². The van der Waals surface area contributed by atoms with Crippen molar-refractivity contribution in [1.82, 2.24) is 14.7 Å². The van der Waals surface area contributed by atoms with Gasteiger partial charge in [0.25, 0.3) is 0 Å². The normalized spacial score (nSPS) is 27.8. The molecular formula is C17H22F2N4O4. The second-order valence-electron chi connectivity index (χ2n) is 7.14. The number of ether oxygens (including phenoxy) is 2. The second-order valence-corrected chi connectivity index (χ2v) is 7.14. The number of halogens is 2. The smallest absolute Gasteiger partial charge is 0.395 e. The van der Waals surface area contributed by atoms with Crippen LogP contribution in [0, 0.1) is 0 Å². The first-order valence-corrected chi connectivity index (χ1v) is 8.87. The number of carbonyl (C=O) groups excluding carboxylic acids is 1. The number of nitrogens with zero attached hydrogens (tertiary/aromatic N) is 3. The Morgan fingerprint density at radius 3 is 2.63 bits per heavy atom. The predicted octanol–water partition coefficient (Wildman–Crippen LogP) is 0.833. The lowest BCUT2D eigenvalue weighted by atomic mass is 10.1. The number of aliphatic hydroxyl groups excluding tert-OH is 1. The zero-order chi connectivity index (χ0) is 19.2. The van der Waals surface area contributed by atoms with Gasteiger partial charge in [-0.05, 0) is 19.2 Å². The lowest BCUT2D eigenvalue weighted by molar-refractivity contribution is -0.286. The topological polar surface area (TPSA) is 77.5 Å². The molecule has 0 spiro atoms. The van der Waals surface area contributed by atoms with E-state index in [9.17, 15) is 18.7 Å². The largest absolute Gasteiger partial charge is 0.586 e. The number of β-amino-alcohol motifs (C(OH)–C–C–N with tert-alkyl or cyclic N) is 1. The molecule has 0 bridgehead atoms. The van der Waals surface area contributed by atoms with Gasteiger partial charge in [-0.15, -0.1) is 8.78 Å². The van der Waals surface area contributed by atoms with Crippen LogP contribution >= 0.6 is 0 Å². The summed E-state index contributed by atoms with van der Waals surface area (Å²) in [4.78, 5) is 18.5. The molecule has 148 valence electrons. The van der Waals surface area contributed by atoms with Crippen LogP contribution in [0.25, 0.3) is 0 Å². The Bertz CT molecular complexity index is 727. The highest BCUT2D eigenvalue weighted by Crippen LogP contribution is 2.42. The quantitative estimate of drug-likeness (QED) is 0.787. The molecule has 2 atom stereocenters. The molecule has 4 rings (SSSR count). The van der Waals surface area contributed by atoms with Crippen molar-refractivity contribution < 1.29 is 28.2 Å². The van der Waals surface area contributed by atoms with Crippen LogP contribution in [0.5, 0.6) is 11.5 Å². The Morgan fingerprint density at radius 1 is 1.19 bits per heavy atom. The summed E-state index contributed by atoms with van der Waals surface area (Å²) in [5, 5.41) is 13.0. The van der Waals surface area contributed by atoms with Crippen LogP contribution in [0.15, 0.2) is 18.2 Å². The number of hydrogen-bond donors (Lipinski definition) is 2. The summed E-state index contributed by atoms with van der Waals surface area (Å²) in [6.07, 6.45) is -4.31. The molecular weight excluding hydrogens is 362 g/mol. The van der Waals surface area contributed by atoms with Crippen LogP contribution in [0.1, 0.15) is 0 Å². The van der Waals surface area contributed by atoms with Gasteiger partial charge in [-0.2, -0.15) is 0 Å². The minimum Gasteiger partial charge on any atom is -0.395 e. The van der Waals surface area contributed by atoms with Gasteiger partial charge in [0.1, 0.15) is 0 Å². The summed E-state index contributed by atoms with van der Waals surface area (Å²) in [6.45, 7) is 4.20. The molecule has 2 N–H and O–H groups in total. The van der Waals surface area contributed by atoms with Gasteiger partial charge in [-0.25, -0.2) is 4.79 Å². The zero-order valence-electron chi connectivity index (χ0n) is 14.9. The van der Waals surface area contributed by atoms with E-state index in [2.05, 4.69) is 31.6 Å². The summed E-state index contributed by atoms with van der Waals surface area (Å²) >= 11 is 0. The van der Waals surface area contributed by atoms with Crippen LogP contribution in [-0.2, 0) is 0 Å². The molecule has 3 heterocycles. The molecule has 8 nitrogen and oxygen atoms in total. The van der Waals surface area contributed by atoms with Crippen molar-refractivity contribution in [2.45, 2.75) is 18.4 Å². The highest BCUT2D eigenvalue weighted by molar-refractivity contribution is 5.90. The molecule has 3 aliphatic rings. The van der Waals surface area contributed by atoms with Gasteiger partial charge < -0.3 is 29.7 Å². The molecule has 2 fully saturated rings. The Balaban J connectivity index is 1.37.